The lowest BCUT2D eigenvalue weighted by Crippen LogP contribution is -2.42. The lowest BCUT2D eigenvalue weighted by molar-refractivity contribution is -0.146. The van der Waals surface area contributed by atoms with Gasteiger partial charge in [-0.1, -0.05) is 6.92 Å². The van der Waals surface area contributed by atoms with E-state index in [4.69, 9.17) is 0 Å². The van der Waals surface area contributed by atoms with E-state index in [-0.39, 0.29) is 24.2 Å². The first-order valence-corrected chi connectivity index (χ1v) is 7.10. The van der Waals surface area contributed by atoms with Crippen LogP contribution >= 0.6 is 0 Å². The Bertz CT molecular complexity index is 448. The predicted molar refractivity (Wildman–Crippen MR) is 75.1 cm³/mol. The van der Waals surface area contributed by atoms with Gasteiger partial charge in [-0.3, -0.25) is 9.59 Å². The molecule has 0 N–H and O–H groups in total. The van der Waals surface area contributed by atoms with E-state index in [2.05, 4.69) is 21.7 Å². The summed E-state index contributed by atoms with van der Waals surface area (Å²) in [5.74, 6) is -0.569. The molecule has 0 radical (unpaired) electrons. The number of hydrogen-bond donors (Lipinski definition) is 0. The van der Waals surface area contributed by atoms with E-state index in [1.165, 1.54) is 7.11 Å². The Morgan fingerprint density at radius 3 is 2.40 bits per heavy atom. The van der Waals surface area contributed by atoms with Crippen LogP contribution in [0.3, 0.4) is 0 Å². The Morgan fingerprint density at radius 1 is 1.25 bits per heavy atom. The monoisotopic (exact) mass is 278 g/mol. The van der Waals surface area contributed by atoms with Gasteiger partial charge in [-0.25, -0.2) is 0 Å². The van der Waals surface area contributed by atoms with E-state index in [1.807, 2.05) is 17.0 Å². The molecular weight excluding hydrogens is 256 g/mol. The van der Waals surface area contributed by atoms with Gasteiger partial charge in [-0.2, -0.15) is 0 Å². The molecule has 0 spiro atoms. The first-order chi connectivity index (χ1) is 9.61. The van der Waals surface area contributed by atoms with Gasteiger partial charge < -0.3 is 14.2 Å². The molecule has 1 atom stereocenters. The lowest BCUT2D eigenvalue weighted by Gasteiger charge is -2.34. The molecule has 1 amide bonds. The van der Waals surface area contributed by atoms with Gasteiger partial charge in [0.05, 0.1) is 13.5 Å². The van der Waals surface area contributed by atoms with Gasteiger partial charge in [0.1, 0.15) is 0 Å². The Hall–Kier alpha value is -1.78. The van der Waals surface area contributed by atoms with Crippen molar-refractivity contribution in [3.63, 3.8) is 0 Å². The van der Waals surface area contributed by atoms with Crippen molar-refractivity contribution in [1.82, 2.24) is 9.47 Å². The Morgan fingerprint density at radius 2 is 1.85 bits per heavy atom. The maximum atomic E-state index is 12.3. The quantitative estimate of drug-likeness (QED) is 0.790. The highest BCUT2D eigenvalue weighted by Gasteiger charge is 2.27. The summed E-state index contributed by atoms with van der Waals surface area (Å²) in [6.45, 7) is 3.30. The number of nitrogens with zero attached hydrogens (tertiary/aromatic N) is 2. The lowest BCUT2D eigenvalue weighted by atomic mass is 10.0. The molecule has 20 heavy (non-hydrogen) atoms. The van der Waals surface area contributed by atoms with E-state index in [0.29, 0.717) is 6.04 Å². The van der Waals surface area contributed by atoms with Crippen LogP contribution in [0.2, 0.25) is 0 Å². The van der Waals surface area contributed by atoms with Crippen LogP contribution in [-0.2, 0) is 14.3 Å². The SMILES string of the molecule is COC(=O)C[C@H](C)C(=O)N1CCC(n2cccc2)CC1. The van der Waals surface area contributed by atoms with Crippen molar-refractivity contribution in [3.8, 4) is 0 Å². The average Bonchev–Trinajstić information content (AvgIpc) is 3.00. The Kier molecular flexibility index (Phi) is 4.82. The van der Waals surface area contributed by atoms with Gasteiger partial charge in [0.15, 0.2) is 0 Å². The third-order valence-electron chi connectivity index (χ3n) is 3.95. The average molecular weight is 278 g/mol. The van der Waals surface area contributed by atoms with Crippen molar-refractivity contribution in [1.29, 1.82) is 0 Å². The number of carbonyl (C=O) groups excluding carboxylic acids is 2. The molecule has 2 rings (SSSR count). The largest absolute Gasteiger partial charge is 0.469 e. The van der Waals surface area contributed by atoms with Crippen LogP contribution in [0.15, 0.2) is 24.5 Å². The number of ether oxygens (including phenoxy) is 1. The number of hydrogen-bond acceptors (Lipinski definition) is 3. The zero-order valence-corrected chi connectivity index (χ0v) is 12.1. The van der Waals surface area contributed by atoms with Crippen molar-refractivity contribution in [3.05, 3.63) is 24.5 Å². The predicted octanol–water partition coefficient (Wildman–Crippen LogP) is 1.85. The molecule has 1 aromatic heterocycles. The summed E-state index contributed by atoms with van der Waals surface area (Å²) in [4.78, 5) is 25.3. The molecule has 5 nitrogen and oxygen atoms in total. The minimum absolute atomic E-state index is 0.0568. The van der Waals surface area contributed by atoms with Crippen molar-refractivity contribution >= 4 is 11.9 Å². The number of piperidine rings is 1. The molecule has 110 valence electrons. The number of aromatic nitrogens is 1. The van der Waals surface area contributed by atoms with E-state index in [9.17, 15) is 9.59 Å². The van der Waals surface area contributed by atoms with Crippen molar-refractivity contribution in [2.45, 2.75) is 32.2 Å². The van der Waals surface area contributed by atoms with Crippen LogP contribution in [0.1, 0.15) is 32.2 Å². The second-order valence-electron chi connectivity index (χ2n) is 5.37. The summed E-state index contributed by atoms with van der Waals surface area (Å²) in [6.07, 6.45) is 6.23. The highest BCUT2D eigenvalue weighted by Crippen LogP contribution is 2.23. The molecule has 2 heterocycles. The fourth-order valence-corrected chi connectivity index (χ4v) is 2.71. The van der Waals surface area contributed by atoms with Crippen LogP contribution in [-0.4, -0.2) is 41.5 Å². The molecule has 0 bridgehead atoms. The third-order valence-corrected chi connectivity index (χ3v) is 3.95. The van der Waals surface area contributed by atoms with Gasteiger partial charge in [0, 0.05) is 37.4 Å². The van der Waals surface area contributed by atoms with Crippen LogP contribution in [0.5, 0.6) is 0 Å². The Balaban J connectivity index is 1.84. The van der Waals surface area contributed by atoms with Crippen molar-refractivity contribution < 1.29 is 14.3 Å². The summed E-state index contributed by atoms with van der Waals surface area (Å²) in [5.41, 5.74) is 0. The van der Waals surface area contributed by atoms with Crippen LogP contribution in [0.25, 0.3) is 0 Å². The van der Waals surface area contributed by atoms with Gasteiger partial charge >= 0.3 is 5.97 Å². The van der Waals surface area contributed by atoms with E-state index >= 15 is 0 Å². The minimum Gasteiger partial charge on any atom is -0.469 e. The second kappa shape index (κ2) is 6.59. The molecule has 0 aromatic carbocycles. The summed E-state index contributed by atoms with van der Waals surface area (Å²) in [5, 5.41) is 0. The first-order valence-electron chi connectivity index (χ1n) is 7.10. The first kappa shape index (κ1) is 14.6. The summed E-state index contributed by atoms with van der Waals surface area (Å²) >= 11 is 0. The Labute approximate surface area is 119 Å². The minimum atomic E-state index is -0.326. The normalized spacial score (nSPS) is 17.8. The van der Waals surface area contributed by atoms with Crippen LogP contribution < -0.4 is 0 Å². The van der Waals surface area contributed by atoms with Crippen LogP contribution in [0.4, 0.5) is 0 Å². The zero-order chi connectivity index (χ0) is 14.5. The third kappa shape index (κ3) is 3.40. The summed E-state index contributed by atoms with van der Waals surface area (Å²) < 4.78 is 6.82. The highest BCUT2D eigenvalue weighted by molar-refractivity contribution is 5.83. The maximum Gasteiger partial charge on any atom is 0.306 e. The van der Waals surface area contributed by atoms with Crippen molar-refractivity contribution in [2.75, 3.05) is 20.2 Å². The smallest absolute Gasteiger partial charge is 0.306 e. The standard InChI is InChI=1S/C15H22N2O3/c1-12(11-14(18)20-2)15(19)17-9-5-13(6-10-17)16-7-3-4-8-16/h3-4,7-8,12-13H,5-6,9-11H2,1-2H3/t12-/m0/s1. The molecule has 5 heteroatoms. The van der Waals surface area contributed by atoms with Gasteiger partial charge in [-0.15, -0.1) is 0 Å². The fourth-order valence-electron chi connectivity index (χ4n) is 2.71. The van der Waals surface area contributed by atoms with Crippen molar-refractivity contribution in [2.24, 2.45) is 5.92 Å². The fraction of sp³-hybridized carbons (Fsp3) is 0.600. The maximum absolute atomic E-state index is 12.3. The molecular formula is C15H22N2O3. The number of amides is 1. The molecule has 1 aromatic rings. The molecule has 1 saturated heterocycles. The number of rotatable bonds is 4. The van der Waals surface area contributed by atoms with Gasteiger partial charge in [-0.05, 0) is 25.0 Å². The van der Waals surface area contributed by atoms with E-state index < -0.39 is 0 Å². The number of likely N-dealkylation sites (tertiary alicyclic amines) is 1. The molecule has 0 aliphatic carbocycles. The number of carbonyl (C=O) groups is 2. The van der Waals surface area contributed by atoms with E-state index in [0.717, 1.165) is 25.9 Å². The summed E-state index contributed by atoms with van der Waals surface area (Å²) in [7, 11) is 1.35. The molecule has 0 saturated carbocycles. The zero-order valence-electron chi connectivity index (χ0n) is 12.1. The van der Waals surface area contributed by atoms with E-state index in [1.54, 1.807) is 6.92 Å². The molecule has 0 unspecified atom stereocenters. The topological polar surface area (TPSA) is 51.5 Å². The van der Waals surface area contributed by atoms with Gasteiger partial charge in [0.2, 0.25) is 5.91 Å². The highest BCUT2D eigenvalue weighted by atomic mass is 16.5. The molecule has 1 fully saturated rings. The second-order valence-corrected chi connectivity index (χ2v) is 5.37. The molecule has 1 aliphatic rings. The van der Waals surface area contributed by atoms with Crippen LogP contribution in [0, 0.1) is 5.92 Å². The van der Waals surface area contributed by atoms with Gasteiger partial charge in [0.25, 0.3) is 0 Å². The summed E-state index contributed by atoms with van der Waals surface area (Å²) in [6, 6.07) is 4.52. The number of esters is 1. The molecule has 1 aliphatic heterocycles. The number of methoxy groups -OCH3 is 1.